The third-order valence-corrected chi connectivity index (χ3v) is 12.5. The molecule has 0 spiro atoms. The highest BCUT2D eigenvalue weighted by atomic mass is 28.4. The van der Waals surface area contributed by atoms with Crippen LogP contribution in [0.1, 0.15) is 77.0 Å². The molecule has 3 rings (SSSR count). The van der Waals surface area contributed by atoms with Gasteiger partial charge in [-0.1, -0.05) is 45.1 Å². The van der Waals surface area contributed by atoms with E-state index >= 15 is 0 Å². The standard InChI is InChI=1S/C18H30O2Si/c1-2-18(19)20-21(15-9-3-4-10-15,16-11-5-6-12-16)17-13-7-8-14-17/h2,15-17H,1,3-14H2. The zero-order valence-corrected chi connectivity index (χ0v) is 14.3. The Labute approximate surface area is 130 Å². The molecule has 0 aromatic carbocycles. The monoisotopic (exact) mass is 306 g/mol. The Morgan fingerprint density at radius 2 is 1.14 bits per heavy atom. The van der Waals surface area contributed by atoms with Gasteiger partial charge in [0.25, 0.3) is 8.32 Å². The molecular formula is C18H30O2Si. The van der Waals surface area contributed by atoms with Crippen molar-refractivity contribution in [2.75, 3.05) is 0 Å². The van der Waals surface area contributed by atoms with Crippen molar-refractivity contribution in [3.05, 3.63) is 12.7 Å². The summed E-state index contributed by atoms with van der Waals surface area (Å²) >= 11 is 0. The van der Waals surface area contributed by atoms with E-state index in [0.717, 1.165) is 16.6 Å². The fourth-order valence-electron chi connectivity index (χ4n) is 5.60. The molecule has 0 bridgehead atoms. The minimum atomic E-state index is -2.00. The molecule has 3 aliphatic rings. The number of rotatable bonds is 5. The van der Waals surface area contributed by atoms with Gasteiger partial charge in [0, 0.05) is 6.08 Å². The Morgan fingerprint density at radius 1 is 0.810 bits per heavy atom. The topological polar surface area (TPSA) is 26.3 Å². The highest BCUT2D eigenvalue weighted by Gasteiger charge is 2.58. The Kier molecular flexibility index (Phi) is 4.87. The van der Waals surface area contributed by atoms with Crippen molar-refractivity contribution in [2.45, 2.75) is 93.7 Å². The van der Waals surface area contributed by atoms with E-state index in [1.54, 1.807) is 0 Å². The zero-order valence-electron chi connectivity index (χ0n) is 13.3. The second kappa shape index (κ2) is 6.68. The summed E-state index contributed by atoms with van der Waals surface area (Å²) in [4.78, 5) is 12.2. The molecule has 0 aromatic rings. The van der Waals surface area contributed by atoms with Gasteiger partial charge in [-0.15, -0.1) is 0 Å². The van der Waals surface area contributed by atoms with Crippen molar-refractivity contribution in [3.8, 4) is 0 Å². The molecule has 0 aliphatic heterocycles. The lowest BCUT2D eigenvalue weighted by atomic mass is 10.3. The second-order valence-electron chi connectivity index (χ2n) is 7.42. The third kappa shape index (κ3) is 2.86. The van der Waals surface area contributed by atoms with Crippen LogP contribution in [0.5, 0.6) is 0 Å². The van der Waals surface area contributed by atoms with Gasteiger partial charge in [-0.2, -0.15) is 0 Å². The molecule has 3 aliphatic carbocycles. The predicted octanol–water partition coefficient (Wildman–Crippen LogP) is 5.49. The summed E-state index contributed by atoms with van der Waals surface area (Å²) in [5.41, 5.74) is 2.23. The molecule has 3 heteroatoms. The SMILES string of the molecule is C=CC(=O)O[Si](C1CCCC1)(C1CCCC1)C1CCCC1. The van der Waals surface area contributed by atoms with Crippen molar-refractivity contribution in [1.82, 2.24) is 0 Å². The third-order valence-electron chi connectivity index (χ3n) is 6.42. The van der Waals surface area contributed by atoms with Crippen LogP contribution in [0.25, 0.3) is 0 Å². The average Bonchev–Trinajstić information content (AvgIpc) is 3.28. The lowest BCUT2D eigenvalue weighted by Gasteiger charge is -2.44. The van der Waals surface area contributed by atoms with Crippen molar-refractivity contribution in [2.24, 2.45) is 0 Å². The first-order chi connectivity index (χ1) is 10.3. The van der Waals surface area contributed by atoms with Gasteiger partial charge in [0.05, 0.1) is 0 Å². The van der Waals surface area contributed by atoms with Gasteiger partial charge < -0.3 is 4.43 Å². The molecule has 0 aromatic heterocycles. The summed E-state index contributed by atoms with van der Waals surface area (Å²) in [6.45, 7) is 3.67. The molecule has 0 heterocycles. The van der Waals surface area contributed by atoms with E-state index in [4.69, 9.17) is 4.43 Å². The maximum Gasteiger partial charge on any atom is 0.316 e. The minimum Gasteiger partial charge on any atom is -0.515 e. The van der Waals surface area contributed by atoms with Crippen LogP contribution >= 0.6 is 0 Å². The summed E-state index contributed by atoms with van der Waals surface area (Å²) in [6, 6.07) is 0. The van der Waals surface area contributed by atoms with Crippen LogP contribution in [0.2, 0.25) is 16.6 Å². The van der Waals surface area contributed by atoms with Crippen LogP contribution in [0.3, 0.4) is 0 Å². The molecule has 0 amide bonds. The summed E-state index contributed by atoms with van der Waals surface area (Å²) in [6.07, 6.45) is 17.5. The molecule has 2 nitrogen and oxygen atoms in total. The van der Waals surface area contributed by atoms with Crippen molar-refractivity contribution < 1.29 is 9.22 Å². The highest BCUT2D eigenvalue weighted by Crippen LogP contribution is 2.59. The van der Waals surface area contributed by atoms with E-state index in [9.17, 15) is 4.79 Å². The molecule has 0 saturated heterocycles. The number of hydrogen-bond acceptors (Lipinski definition) is 2. The summed E-state index contributed by atoms with van der Waals surface area (Å²) in [7, 11) is -2.00. The molecule has 21 heavy (non-hydrogen) atoms. The second-order valence-corrected chi connectivity index (χ2v) is 11.8. The summed E-state index contributed by atoms with van der Waals surface area (Å²) in [5.74, 6) is -0.118. The van der Waals surface area contributed by atoms with Gasteiger partial charge in [-0.05, 0) is 55.1 Å². The Hall–Kier alpha value is -0.573. The van der Waals surface area contributed by atoms with Gasteiger partial charge in [0.15, 0.2) is 0 Å². The summed E-state index contributed by atoms with van der Waals surface area (Å²) in [5, 5.41) is 0. The fraction of sp³-hybridized carbons (Fsp3) is 0.833. The fourth-order valence-corrected chi connectivity index (χ4v) is 12.5. The molecule has 3 saturated carbocycles. The van der Waals surface area contributed by atoms with Crippen molar-refractivity contribution in [1.29, 1.82) is 0 Å². The van der Waals surface area contributed by atoms with Crippen LogP contribution in [-0.4, -0.2) is 14.3 Å². The molecular weight excluding hydrogens is 276 g/mol. The molecule has 0 unspecified atom stereocenters. The molecule has 0 radical (unpaired) electrons. The number of carbonyl (C=O) groups excluding carboxylic acids is 1. The van der Waals surface area contributed by atoms with Crippen LogP contribution in [0.15, 0.2) is 12.7 Å². The van der Waals surface area contributed by atoms with E-state index in [-0.39, 0.29) is 5.97 Å². The van der Waals surface area contributed by atoms with E-state index in [0.29, 0.717) is 0 Å². The predicted molar refractivity (Wildman–Crippen MR) is 88.7 cm³/mol. The van der Waals surface area contributed by atoms with Crippen LogP contribution in [0.4, 0.5) is 0 Å². The number of carbonyl (C=O) groups is 1. The maximum absolute atomic E-state index is 12.2. The summed E-state index contributed by atoms with van der Waals surface area (Å²) < 4.78 is 6.42. The quantitative estimate of drug-likeness (QED) is 0.495. The first kappa shape index (κ1) is 15.3. The van der Waals surface area contributed by atoms with E-state index in [1.807, 2.05) is 0 Å². The highest BCUT2D eigenvalue weighted by molar-refractivity contribution is 6.79. The van der Waals surface area contributed by atoms with Crippen molar-refractivity contribution in [3.63, 3.8) is 0 Å². The lowest BCUT2D eigenvalue weighted by molar-refractivity contribution is -0.130. The molecule has 0 atom stereocenters. The largest absolute Gasteiger partial charge is 0.515 e. The normalized spacial score (nSPS) is 25.5. The Morgan fingerprint density at radius 3 is 1.43 bits per heavy atom. The van der Waals surface area contributed by atoms with E-state index in [2.05, 4.69) is 6.58 Å². The minimum absolute atomic E-state index is 0.118. The van der Waals surface area contributed by atoms with E-state index in [1.165, 1.54) is 83.1 Å². The van der Waals surface area contributed by atoms with Gasteiger partial charge in [-0.25, -0.2) is 4.79 Å². The first-order valence-corrected chi connectivity index (χ1v) is 11.3. The first-order valence-electron chi connectivity index (χ1n) is 9.12. The van der Waals surface area contributed by atoms with Gasteiger partial charge >= 0.3 is 5.97 Å². The molecule has 118 valence electrons. The smallest absolute Gasteiger partial charge is 0.316 e. The molecule has 0 N–H and O–H groups in total. The van der Waals surface area contributed by atoms with Crippen LogP contribution in [0, 0.1) is 0 Å². The molecule has 3 fully saturated rings. The van der Waals surface area contributed by atoms with E-state index < -0.39 is 8.32 Å². The number of hydrogen-bond donors (Lipinski definition) is 0. The zero-order chi connectivity index (χ0) is 14.7. The van der Waals surface area contributed by atoms with Crippen molar-refractivity contribution >= 4 is 14.3 Å². The Bertz CT molecular complexity index is 334. The Balaban J connectivity index is 1.94. The van der Waals surface area contributed by atoms with Gasteiger partial charge in [0.2, 0.25) is 0 Å². The van der Waals surface area contributed by atoms with Crippen LogP contribution < -0.4 is 0 Å². The average molecular weight is 307 g/mol. The van der Waals surface area contributed by atoms with Gasteiger partial charge in [0.1, 0.15) is 0 Å². The van der Waals surface area contributed by atoms with Gasteiger partial charge in [-0.3, -0.25) is 0 Å². The lowest BCUT2D eigenvalue weighted by Crippen LogP contribution is -2.51. The maximum atomic E-state index is 12.2. The van der Waals surface area contributed by atoms with Crippen LogP contribution in [-0.2, 0) is 9.22 Å².